The van der Waals surface area contributed by atoms with Gasteiger partial charge in [-0.15, -0.1) is 11.3 Å². The third-order valence-corrected chi connectivity index (χ3v) is 5.30. The molecule has 0 bridgehead atoms. The number of imide groups is 1. The summed E-state index contributed by atoms with van der Waals surface area (Å²) in [5, 5.41) is 11.3. The molecular weight excluding hydrogens is 364 g/mol. The molecule has 0 N–H and O–H groups in total. The van der Waals surface area contributed by atoms with Gasteiger partial charge in [0, 0.05) is 24.3 Å². The Morgan fingerprint density at radius 3 is 2.63 bits per heavy atom. The summed E-state index contributed by atoms with van der Waals surface area (Å²) in [5.74, 6) is 0.143. The summed E-state index contributed by atoms with van der Waals surface area (Å²) in [6.07, 6.45) is 1.55. The molecule has 0 atom stereocenters. The van der Waals surface area contributed by atoms with Crippen LogP contribution in [-0.4, -0.2) is 23.3 Å². The maximum Gasteiger partial charge on any atom is 0.271 e. The minimum absolute atomic E-state index is 0.0297. The standard InChI is InChI=1S/C20H14N2O4S/c1-3-22-19(23)13(11(2)14(10-21)20(22)24)7-12-8-15-16(25-12)9-17(26-15)18-5-4-6-27-18/h4-9H,3H2,1-2H3/b13-7-. The van der Waals surface area contributed by atoms with E-state index in [1.54, 1.807) is 43.4 Å². The van der Waals surface area contributed by atoms with Crippen molar-refractivity contribution in [3.63, 3.8) is 0 Å². The number of hydrogen-bond donors (Lipinski definition) is 0. The number of nitriles is 1. The van der Waals surface area contributed by atoms with Crippen molar-refractivity contribution in [3.05, 3.63) is 52.1 Å². The minimum Gasteiger partial charge on any atom is -0.453 e. The van der Waals surface area contributed by atoms with Crippen LogP contribution in [-0.2, 0) is 9.59 Å². The first kappa shape index (κ1) is 17.1. The van der Waals surface area contributed by atoms with E-state index >= 15 is 0 Å². The smallest absolute Gasteiger partial charge is 0.271 e. The van der Waals surface area contributed by atoms with Crippen LogP contribution < -0.4 is 0 Å². The van der Waals surface area contributed by atoms with Crippen molar-refractivity contribution in [3.8, 4) is 16.7 Å². The molecule has 0 fully saturated rings. The molecule has 134 valence electrons. The summed E-state index contributed by atoms with van der Waals surface area (Å²) in [4.78, 5) is 26.9. The molecule has 0 radical (unpaired) electrons. The van der Waals surface area contributed by atoms with Gasteiger partial charge in [-0.25, -0.2) is 0 Å². The summed E-state index contributed by atoms with van der Waals surface area (Å²) in [5.41, 5.74) is 1.73. The summed E-state index contributed by atoms with van der Waals surface area (Å²) >= 11 is 1.57. The number of carbonyl (C=O) groups excluding carboxylic acids is 2. The Balaban J connectivity index is 1.77. The molecule has 0 saturated heterocycles. The van der Waals surface area contributed by atoms with Gasteiger partial charge in [0.15, 0.2) is 11.2 Å². The van der Waals surface area contributed by atoms with E-state index in [1.165, 1.54) is 0 Å². The fourth-order valence-corrected chi connectivity index (χ4v) is 3.70. The number of rotatable bonds is 3. The zero-order valence-electron chi connectivity index (χ0n) is 14.6. The lowest BCUT2D eigenvalue weighted by Gasteiger charge is -2.25. The van der Waals surface area contributed by atoms with Gasteiger partial charge in [-0.3, -0.25) is 14.5 Å². The Morgan fingerprint density at radius 2 is 2.00 bits per heavy atom. The number of thiophene rings is 1. The van der Waals surface area contributed by atoms with Crippen LogP contribution in [0.5, 0.6) is 0 Å². The highest BCUT2D eigenvalue weighted by Gasteiger charge is 2.34. The Kier molecular flexibility index (Phi) is 4.05. The molecule has 0 saturated carbocycles. The lowest BCUT2D eigenvalue weighted by molar-refractivity contribution is -0.140. The second-order valence-corrected chi connectivity index (χ2v) is 6.94. The lowest BCUT2D eigenvalue weighted by Crippen LogP contribution is -2.42. The van der Waals surface area contributed by atoms with E-state index in [1.807, 2.05) is 23.6 Å². The first-order valence-electron chi connectivity index (χ1n) is 8.30. The minimum atomic E-state index is -0.562. The summed E-state index contributed by atoms with van der Waals surface area (Å²) in [6, 6.07) is 9.29. The number of nitrogens with zero attached hydrogens (tertiary/aromatic N) is 2. The number of amides is 2. The van der Waals surface area contributed by atoms with Gasteiger partial charge in [0.25, 0.3) is 11.8 Å². The highest BCUT2D eigenvalue weighted by molar-refractivity contribution is 7.13. The highest BCUT2D eigenvalue weighted by atomic mass is 32.1. The van der Waals surface area contributed by atoms with E-state index < -0.39 is 11.8 Å². The van der Waals surface area contributed by atoms with Gasteiger partial charge in [-0.2, -0.15) is 5.26 Å². The van der Waals surface area contributed by atoms with Crippen molar-refractivity contribution in [2.75, 3.05) is 6.54 Å². The van der Waals surface area contributed by atoms with Crippen molar-refractivity contribution in [1.82, 2.24) is 4.90 Å². The fraction of sp³-hybridized carbons (Fsp3) is 0.150. The molecule has 0 spiro atoms. The quantitative estimate of drug-likeness (QED) is 0.499. The molecule has 1 aliphatic heterocycles. The Hall–Kier alpha value is -3.37. The molecule has 3 aromatic heterocycles. The van der Waals surface area contributed by atoms with E-state index in [0.29, 0.717) is 22.5 Å². The van der Waals surface area contributed by atoms with Crippen molar-refractivity contribution < 1.29 is 18.4 Å². The molecule has 6 nitrogen and oxygen atoms in total. The third kappa shape index (κ3) is 2.71. The maximum absolute atomic E-state index is 12.6. The van der Waals surface area contributed by atoms with Crippen LogP contribution in [0.15, 0.2) is 55.2 Å². The monoisotopic (exact) mass is 378 g/mol. The molecule has 4 rings (SSSR count). The molecule has 1 aliphatic rings. The Morgan fingerprint density at radius 1 is 1.22 bits per heavy atom. The average Bonchev–Trinajstić information content (AvgIpc) is 3.35. The maximum atomic E-state index is 12.6. The first-order valence-corrected chi connectivity index (χ1v) is 9.18. The number of likely N-dealkylation sites (N-methyl/N-ethyl adjacent to an activating group) is 1. The molecule has 3 aromatic rings. The van der Waals surface area contributed by atoms with Gasteiger partial charge in [0.1, 0.15) is 23.2 Å². The summed E-state index contributed by atoms with van der Waals surface area (Å²) in [7, 11) is 0. The van der Waals surface area contributed by atoms with Gasteiger partial charge in [0.05, 0.1) is 4.88 Å². The number of furan rings is 2. The molecule has 0 aromatic carbocycles. The predicted octanol–water partition coefficient (Wildman–Crippen LogP) is 4.37. The lowest BCUT2D eigenvalue weighted by atomic mass is 9.95. The highest BCUT2D eigenvalue weighted by Crippen LogP contribution is 2.34. The molecule has 4 heterocycles. The van der Waals surface area contributed by atoms with Crippen LogP contribution in [0, 0.1) is 11.3 Å². The number of carbonyl (C=O) groups is 2. The first-order chi connectivity index (χ1) is 13.0. The topological polar surface area (TPSA) is 87.4 Å². The molecule has 7 heteroatoms. The van der Waals surface area contributed by atoms with Crippen LogP contribution in [0.25, 0.3) is 27.9 Å². The number of hydrogen-bond acceptors (Lipinski definition) is 6. The van der Waals surface area contributed by atoms with Gasteiger partial charge < -0.3 is 8.83 Å². The van der Waals surface area contributed by atoms with Gasteiger partial charge in [-0.1, -0.05) is 6.07 Å². The van der Waals surface area contributed by atoms with Crippen molar-refractivity contribution >= 4 is 40.4 Å². The zero-order valence-corrected chi connectivity index (χ0v) is 15.4. The van der Waals surface area contributed by atoms with Gasteiger partial charge in [0.2, 0.25) is 0 Å². The Bertz CT molecular complexity index is 1140. The predicted molar refractivity (Wildman–Crippen MR) is 100 cm³/mol. The zero-order chi connectivity index (χ0) is 19.1. The Labute approximate surface area is 158 Å². The van der Waals surface area contributed by atoms with Crippen LogP contribution in [0.3, 0.4) is 0 Å². The van der Waals surface area contributed by atoms with Crippen LogP contribution in [0.1, 0.15) is 19.6 Å². The van der Waals surface area contributed by atoms with E-state index in [0.717, 1.165) is 15.5 Å². The average molecular weight is 378 g/mol. The van der Waals surface area contributed by atoms with Crippen molar-refractivity contribution in [1.29, 1.82) is 5.26 Å². The van der Waals surface area contributed by atoms with Crippen LogP contribution >= 0.6 is 11.3 Å². The SMILES string of the molecule is CCN1C(=O)C(C#N)=C(C)/C(=C/c2cc3oc(-c4cccs4)cc3o2)C1=O. The molecule has 27 heavy (non-hydrogen) atoms. The van der Waals surface area contributed by atoms with E-state index in [2.05, 4.69) is 0 Å². The van der Waals surface area contributed by atoms with E-state index in [4.69, 9.17) is 8.83 Å². The number of fused-ring (bicyclic) bond motifs is 1. The molecule has 0 aliphatic carbocycles. The third-order valence-electron chi connectivity index (χ3n) is 4.42. The van der Waals surface area contributed by atoms with Gasteiger partial charge in [-0.05, 0) is 36.9 Å². The molecular formula is C20H14N2O4S. The molecule has 0 unspecified atom stereocenters. The summed E-state index contributed by atoms with van der Waals surface area (Å²) < 4.78 is 11.6. The van der Waals surface area contributed by atoms with Crippen molar-refractivity contribution in [2.45, 2.75) is 13.8 Å². The second kappa shape index (κ2) is 6.41. The van der Waals surface area contributed by atoms with Gasteiger partial charge >= 0.3 is 0 Å². The summed E-state index contributed by atoms with van der Waals surface area (Å²) in [6.45, 7) is 3.47. The fourth-order valence-electron chi connectivity index (χ4n) is 3.02. The second-order valence-electron chi connectivity index (χ2n) is 5.99. The normalized spacial score (nSPS) is 16.6. The largest absolute Gasteiger partial charge is 0.453 e. The van der Waals surface area contributed by atoms with Crippen LogP contribution in [0.2, 0.25) is 0 Å². The molecule has 2 amide bonds. The van der Waals surface area contributed by atoms with Crippen LogP contribution in [0.4, 0.5) is 0 Å². The van der Waals surface area contributed by atoms with E-state index in [9.17, 15) is 14.9 Å². The van der Waals surface area contributed by atoms with E-state index in [-0.39, 0.29) is 17.7 Å². The van der Waals surface area contributed by atoms with Crippen molar-refractivity contribution in [2.24, 2.45) is 0 Å².